The first-order valence-electron chi connectivity index (χ1n) is 9.23. The van der Waals surface area contributed by atoms with E-state index in [0.717, 1.165) is 51.1 Å². The molecule has 1 aromatic rings. The Morgan fingerprint density at radius 1 is 1.00 bits per heavy atom. The average molecular weight is 333 g/mol. The summed E-state index contributed by atoms with van der Waals surface area (Å²) >= 11 is 0. The van der Waals surface area contributed by atoms with Crippen LogP contribution in [-0.2, 0) is 6.54 Å². The molecular weight excluding hydrogens is 305 g/mol. The zero-order valence-electron chi connectivity index (χ0n) is 14.3. The minimum absolute atomic E-state index is 0.100. The van der Waals surface area contributed by atoms with E-state index in [1.54, 1.807) is 0 Å². The van der Waals surface area contributed by atoms with Crippen molar-refractivity contribution in [2.45, 2.75) is 51.1 Å². The highest BCUT2D eigenvalue weighted by Crippen LogP contribution is 2.17. The smallest absolute Gasteiger partial charge is 0.317 e. The Morgan fingerprint density at radius 3 is 2.25 bits per heavy atom. The first-order valence-corrected chi connectivity index (χ1v) is 9.23. The molecule has 1 saturated carbocycles. The molecule has 0 unspecified atom stereocenters. The Morgan fingerprint density at radius 2 is 1.62 bits per heavy atom. The number of piperazine rings is 1. The van der Waals surface area contributed by atoms with E-state index in [9.17, 15) is 9.18 Å². The minimum atomic E-state index is -0.196. The van der Waals surface area contributed by atoms with Crippen LogP contribution in [-0.4, -0.2) is 48.1 Å². The lowest BCUT2D eigenvalue weighted by Crippen LogP contribution is -2.53. The summed E-state index contributed by atoms with van der Waals surface area (Å²) in [6, 6.07) is 7.14. The van der Waals surface area contributed by atoms with Crippen molar-refractivity contribution in [3.05, 3.63) is 35.6 Å². The van der Waals surface area contributed by atoms with Crippen LogP contribution in [0.1, 0.15) is 44.1 Å². The van der Waals surface area contributed by atoms with Gasteiger partial charge in [-0.3, -0.25) is 4.90 Å². The number of carbonyl (C=O) groups excluding carboxylic acids is 1. The number of nitrogens with zero attached hydrogens (tertiary/aromatic N) is 2. The van der Waals surface area contributed by atoms with Crippen molar-refractivity contribution in [2.75, 3.05) is 26.2 Å². The molecular formula is C19H28FN3O. The predicted molar refractivity (Wildman–Crippen MR) is 93.3 cm³/mol. The van der Waals surface area contributed by atoms with Gasteiger partial charge in [-0.05, 0) is 30.5 Å². The molecule has 0 bridgehead atoms. The van der Waals surface area contributed by atoms with Crippen LogP contribution < -0.4 is 5.32 Å². The van der Waals surface area contributed by atoms with Gasteiger partial charge in [-0.15, -0.1) is 0 Å². The first kappa shape index (κ1) is 17.2. The number of hydrogen-bond acceptors (Lipinski definition) is 2. The second-order valence-corrected chi connectivity index (χ2v) is 7.03. The molecule has 0 atom stereocenters. The molecule has 0 radical (unpaired) electrons. The summed E-state index contributed by atoms with van der Waals surface area (Å²) in [5.74, 6) is -0.196. The van der Waals surface area contributed by atoms with Crippen LogP contribution in [0.4, 0.5) is 9.18 Å². The Labute approximate surface area is 144 Å². The third-order valence-electron chi connectivity index (χ3n) is 5.16. The SMILES string of the molecule is O=C(NC1CCCCCC1)N1CCN(Cc2ccc(F)cc2)CC1. The van der Waals surface area contributed by atoms with Crippen LogP contribution in [0.3, 0.4) is 0 Å². The molecule has 1 heterocycles. The fourth-order valence-corrected chi connectivity index (χ4v) is 3.65. The van der Waals surface area contributed by atoms with Gasteiger partial charge in [0.2, 0.25) is 0 Å². The van der Waals surface area contributed by atoms with Crippen molar-refractivity contribution in [3.63, 3.8) is 0 Å². The molecule has 1 saturated heterocycles. The minimum Gasteiger partial charge on any atom is -0.335 e. The predicted octanol–water partition coefficient (Wildman–Crippen LogP) is 3.38. The van der Waals surface area contributed by atoms with Gasteiger partial charge >= 0.3 is 6.03 Å². The summed E-state index contributed by atoms with van der Waals surface area (Å²) in [5.41, 5.74) is 1.12. The van der Waals surface area contributed by atoms with Gasteiger partial charge in [0, 0.05) is 38.8 Å². The molecule has 1 aromatic carbocycles. The fraction of sp³-hybridized carbons (Fsp3) is 0.632. The Hall–Kier alpha value is -1.62. The van der Waals surface area contributed by atoms with Gasteiger partial charge in [0.05, 0.1) is 0 Å². The maximum absolute atomic E-state index is 13.0. The van der Waals surface area contributed by atoms with Crippen LogP contribution in [0.25, 0.3) is 0 Å². The molecule has 5 heteroatoms. The Bertz CT molecular complexity index is 518. The molecule has 3 rings (SSSR count). The largest absolute Gasteiger partial charge is 0.335 e. The van der Waals surface area contributed by atoms with Crippen molar-refractivity contribution < 1.29 is 9.18 Å². The van der Waals surface area contributed by atoms with Crippen LogP contribution in [0, 0.1) is 5.82 Å². The zero-order chi connectivity index (χ0) is 16.8. The number of benzene rings is 1. The number of carbonyl (C=O) groups is 1. The van der Waals surface area contributed by atoms with Crippen molar-refractivity contribution in [1.82, 2.24) is 15.1 Å². The second-order valence-electron chi connectivity index (χ2n) is 7.03. The van der Waals surface area contributed by atoms with Gasteiger partial charge in [0.15, 0.2) is 0 Å². The van der Waals surface area contributed by atoms with E-state index >= 15 is 0 Å². The highest BCUT2D eigenvalue weighted by molar-refractivity contribution is 5.74. The molecule has 132 valence electrons. The van der Waals surface area contributed by atoms with E-state index in [4.69, 9.17) is 0 Å². The van der Waals surface area contributed by atoms with Crippen LogP contribution in [0.5, 0.6) is 0 Å². The Balaban J connectivity index is 1.42. The van der Waals surface area contributed by atoms with E-state index in [0.29, 0.717) is 6.04 Å². The third kappa shape index (κ3) is 4.94. The number of rotatable bonds is 3. The third-order valence-corrected chi connectivity index (χ3v) is 5.16. The molecule has 0 spiro atoms. The lowest BCUT2D eigenvalue weighted by Gasteiger charge is -2.35. The summed E-state index contributed by atoms with van der Waals surface area (Å²) in [4.78, 5) is 16.7. The van der Waals surface area contributed by atoms with Gasteiger partial charge in [0.25, 0.3) is 0 Å². The lowest BCUT2D eigenvalue weighted by atomic mass is 10.1. The number of hydrogen-bond donors (Lipinski definition) is 1. The fourth-order valence-electron chi connectivity index (χ4n) is 3.65. The van der Waals surface area contributed by atoms with E-state index in [2.05, 4.69) is 10.2 Å². The molecule has 1 N–H and O–H groups in total. The van der Waals surface area contributed by atoms with Crippen molar-refractivity contribution in [2.24, 2.45) is 0 Å². The van der Waals surface area contributed by atoms with E-state index in [1.807, 2.05) is 17.0 Å². The quantitative estimate of drug-likeness (QED) is 0.861. The van der Waals surface area contributed by atoms with Gasteiger partial charge in [0.1, 0.15) is 5.82 Å². The summed E-state index contributed by atoms with van der Waals surface area (Å²) < 4.78 is 13.0. The van der Waals surface area contributed by atoms with Crippen LogP contribution in [0.15, 0.2) is 24.3 Å². The van der Waals surface area contributed by atoms with E-state index in [-0.39, 0.29) is 11.8 Å². The van der Waals surface area contributed by atoms with Crippen molar-refractivity contribution >= 4 is 6.03 Å². The molecule has 2 aliphatic rings. The highest BCUT2D eigenvalue weighted by atomic mass is 19.1. The average Bonchev–Trinajstić information content (AvgIpc) is 2.86. The van der Waals surface area contributed by atoms with E-state index in [1.165, 1.54) is 37.8 Å². The highest BCUT2D eigenvalue weighted by Gasteiger charge is 2.23. The molecule has 0 aromatic heterocycles. The lowest BCUT2D eigenvalue weighted by molar-refractivity contribution is 0.132. The topological polar surface area (TPSA) is 35.6 Å². The van der Waals surface area contributed by atoms with Gasteiger partial charge in [-0.2, -0.15) is 0 Å². The standard InChI is InChI=1S/C19H28FN3O/c20-17-9-7-16(8-10-17)15-22-11-13-23(14-12-22)19(24)21-18-5-3-1-2-4-6-18/h7-10,18H,1-6,11-15H2,(H,21,24). The number of amides is 2. The van der Waals surface area contributed by atoms with Gasteiger partial charge in [-0.1, -0.05) is 37.8 Å². The van der Waals surface area contributed by atoms with Crippen LogP contribution in [0.2, 0.25) is 0 Å². The van der Waals surface area contributed by atoms with Crippen molar-refractivity contribution in [3.8, 4) is 0 Å². The molecule has 1 aliphatic carbocycles. The zero-order valence-corrected chi connectivity index (χ0v) is 14.3. The van der Waals surface area contributed by atoms with Crippen molar-refractivity contribution in [1.29, 1.82) is 0 Å². The Kier molecular flexibility index (Phi) is 6.07. The van der Waals surface area contributed by atoms with Gasteiger partial charge < -0.3 is 10.2 Å². The van der Waals surface area contributed by atoms with E-state index < -0.39 is 0 Å². The maximum Gasteiger partial charge on any atom is 0.317 e. The second kappa shape index (κ2) is 8.47. The first-order chi connectivity index (χ1) is 11.7. The van der Waals surface area contributed by atoms with Crippen LogP contribution >= 0.6 is 0 Å². The number of urea groups is 1. The monoisotopic (exact) mass is 333 g/mol. The molecule has 2 fully saturated rings. The molecule has 24 heavy (non-hydrogen) atoms. The summed E-state index contributed by atoms with van der Waals surface area (Å²) in [5, 5.41) is 3.23. The van der Waals surface area contributed by atoms with Gasteiger partial charge in [-0.25, -0.2) is 9.18 Å². The number of halogens is 1. The molecule has 4 nitrogen and oxygen atoms in total. The summed E-state index contributed by atoms with van der Waals surface area (Å²) in [6.07, 6.45) is 7.31. The maximum atomic E-state index is 13.0. The summed E-state index contributed by atoms with van der Waals surface area (Å²) in [6.45, 7) is 4.09. The summed E-state index contributed by atoms with van der Waals surface area (Å²) in [7, 11) is 0. The normalized spacial score (nSPS) is 20.6. The number of nitrogens with one attached hydrogen (secondary N) is 1. The molecule has 2 amide bonds. The molecule has 1 aliphatic heterocycles.